The van der Waals surface area contributed by atoms with Gasteiger partial charge in [-0.05, 0) is 37.1 Å². The van der Waals surface area contributed by atoms with Gasteiger partial charge in [0.25, 0.3) is 0 Å². The second-order valence-corrected chi connectivity index (χ2v) is 10.5. The number of benzene rings is 1. The van der Waals surface area contributed by atoms with E-state index in [9.17, 15) is 14.4 Å². The van der Waals surface area contributed by atoms with Crippen LogP contribution in [0.1, 0.15) is 84.5 Å². The molecule has 0 spiro atoms. The van der Waals surface area contributed by atoms with Crippen LogP contribution >= 0.6 is 11.8 Å². The zero-order valence-electron chi connectivity index (χ0n) is 21.7. The normalized spacial score (nSPS) is 15.6. The standard InChI is InChI=1S/C28H44N2O4S/c1-3-5-7-9-10-11-12-18-29-22-26(32)27(28(29)33)35-21-19-30(23-31)24-14-16-25(17-15-24)34-20-13-8-6-4-2/h14-17,23,27H,3-13,18-22H2,1-2H3. The predicted octanol–water partition coefficient (Wildman–Crippen LogP) is 5.87. The molecule has 1 unspecified atom stereocenters. The van der Waals surface area contributed by atoms with Gasteiger partial charge in [0.05, 0.1) is 13.2 Å². The van der Waals surface area contributed by atoms with Crippen LogP contribution in [0.4, 0.5) is 5.69 Å². The minimum Gasteiger partial charge on any atom is -0.494 e. The van der Waals surface area contributed by atoms with Crippen LogP contribution in [-0.4, -0.2) is 60.2 Å². The largest absolute Gasteiger partial charge is 0.494 e. The van der Waals surface area contributed by atoms with Crippen LogP contribution in [0.5, 0.6) is 5.75 Å². The van der Waals surface area contributed by atoms with Gasteiger partial charge in [-0.15, -0.1) is 11.8 Å². The van der Waals surface area contributed by atoms with Gasteiger partial charge < -0.3 is 14.5 Å². The highest BCUT2D eigenvalue weighted by atomic mass is 32.2. The lowest BCUT2D eigenvalue weighted by Gasteiger charge is -2.19. The lowest BCUT2D eigenvalue weighted by molar-refractivity contribution is -0.127. The first kappa shape index (κ1) is 29.2. The first-order chi connectivity index (χ1) is 17.1. The maximum absolute atomic E-state index is 12.7. The number of rotatable bonds is 20. The average molecular weight is 505 g/mol. The van der Waals surface area contributed by atoms with Gasteiger partial charge in [-0.3, -0.25) is 14.4 Å². The molecule has 35 heavy (non-hydrogen) atoms. The van der Waals surface area contributed by atoms with Crippen molar-refractivity contribution in [1.82, 2.24) is 4.90 Å². The average Bonchev–Trinajstić information content (AvgIpc) is 3.14. The molecule has 0 radical (unpaired) electrons. The van der Waals surface area contributed by atoms with Crippen molar-refractivity contribution in [3.63, 3.8) is 0 Å². The number of Topliss-reactive ketones (excluding diaryl/α,β-unsaturated/α-hetero) is 1. The zero-order chi connectivity index (χ0) is 25.3. The third-order valence-corrected chi connectivity index (χ3v) is 7.60. The van der Waals surface area contributed by atoms with Gasteiger partial charge >= 0.3 is 0 Å². The predicted molar refractivity (Wildman–Crippen MR) is 145 cm³/mol. The van der Waals surface area contributed by atoms with Crippen molar-refractivity contribution < 1.29 is 19.1 Å². The van der Waals surface area contributed by atoms with Crippen molar-refractivity contribution in [2.24, 2.45) is 0 Å². The Morgan fingerprint density at radius 3 is 2.23 bits per heavy atom. The summed E-state index contributed by atoms with van der Waals surface area (Å²) in [5, 5.41) is -0.628. The molecule has 1 aliphatic rings. The fraction of sp³-hybridized carbons (Fsp3) is 0.679. The number of anilines is 1. The van der Waals surface area contributed by atoms with Gasteiger partial charge in [-0.2, -0.15) is 0 Å². The van der Waals surface area contributed by atoms with E-state index in [2.05, 4.69) is 13.8 Å². The molecule has 196 valence electrons. The third-order valence-electron chi connectivity index (χ3n) is 6.39. The van der Waals surface area contributed by atoms with Gasteiger partial charge in [0.1, 0.15) is 11.0 Å². The number of amides is 2. The number of ether oxygens (including phenoxy) is 1. The van der Waals surface area contributed by atoms with E-state index in [0.29, 0.717) is 25.4 Å². The number of unbranched alkanes of at least 4 members (excludes halogenated alkanes) is 9. The second-order valence-electron chi connectivity index (χ2n) is 9.30. The molecule has 7 heteroatoms. The van der Waals surface area contributed by atoms with Crippen LogP contribution in [-0.2, 0) is 14.4 Å². The van der Waals surface area contributed by atoms with E-state index in [1.54, 1.807) is 9.80 Å². The van der Waals surface area contributed by atoms with E-state index in [4.69, 9.17) is 4.74 Å². The molecular formula is C28H44N2O4S. The highest BCUT2D eigenvalue weighted by Crippen LogP contribution is 2.24. The summed E-state index contributed by atoms with van der Waals surface area (Å²) in [6.07, 6.45) is 13.8. The molecule has 6 nitrogen and oxygen atoms in total. The molecule has 0 aliphatic carbocycles. The van der Waals surface area contributed by atoms with Crippen LogP contribution in [0.25, 0.3) is 0 Å². The Hall–Kier alpha value is -2.02. The molecule has 1 aliphatic heterocycles. The first-order valence-electron chi connectivity index (χ1n) is 13.5. The molecule has 2 rings (SSSR count). The number of hydrogen-bond acceptors (Lipinski definition) is 5. The number of ketones is 1. The SMILES string of the molecule is CCCCCCCCCN1CC(=O)C(SCCN(C=O)c2ccc(OCCCCCC)cc2)C1=O. The fourth-order valence-electron chi connectivity index (χ4n) is 4.23. The van der Waals surface area contributed by atoms with Crippen molar-refractivity contribution in [3.8, 4) is 5.75 Å². The summed E-state index contributed by atoms with van der Waals surface area (Å²) < 4.78 is 5.77. The summed E-state index contributed by atoms with van der Waals surface area (Å²) in [4.78, 5) is 40.1. The van der Waals surface area contributed by atoms with Gasteiger partial charge in [0.15, 0.2) is 5.78 Å². The number of likely N-dealkylation sites (tertiary alicyclic amines) is 1. The summed E-state index contributed by atoms with van der Waals surface area (Å²) in [6, 6.07) is 7.50. The summed E-state index contributed by atoms with van der Waals surface area (Å²) in [5.41, 5.74) is 0.781. The maximum Gasteiger partial charge on any atom is 0.243 e. The van der Waals surface area contributed by atoms with E-state index < -0.39 is 5.25 Å². The summed E-state index contributed by atoms with van der Waals surface area (Å²) in [6.45, 7) is 6.44. The van der Waals surface area contributed by atoms with Crippen molar-refractivity contribution in [2.75, 3.05) is 36.9 Å². The van der Waals surface area contributed by atoms with Gasteiger partial charge in [-0.1, -0.05) is 71.6 Å². The van der Waals surface area contributed by atoms with Crippen molar-refractivity contribution in [1.29, 1.82) is 0 Å². The fourth-order valence-corrected chi connectivity index (χ4v) is 5.32. The number of hydrogen-bond donors (Lipinski definition) is 0. The van der Waals surface area contributed by atoms with Gasteiger partial charge in [0, 0.05) is 24.5 Å². The Kier molecular flexibility index (Phi) is 14.5. The molecule has 0 aromatic heterocycles. The van der Waals surface area contributed by atoms with Crippen molar-refractivity contribution in [3.05, 3.63) is 24.3 Å². The summed E-state index contributed by atoms with van der Waals surface area (Å²) in [5.74, 6) is 1.25. The lowest BCUT2D eigenvalue weighted by Crippen LogP contribution is -2.30. The smallest absolute Gasteiger partial charge is 0.243 e. The first-order valence-corrected chi connectivity index (χ1v) is 14.5. The second kappa shape index (κ2) is 17.4. The molecule has 1 fully saturated rings. The van der Waals surface area contributed by atoms with Crippen LogP contribution < -0.4 is 9.64 Å². The Morgan fingerprint density at radius 2 is 1.57 bits per heavy atom. The highest BCUT2D eigenvalue weighted by Gasteiger charge is 2.38. The van der Waals surface area contributed by atoms with Crippen molar-refractivity contribution >= 4 is 35.5 Å². The monoisotopic (exact) mass is 504 g/mol. The minimum atomic E-state index is -0.628. The summed E-state index contributed by atoms with van der Waals surface area (Å²) >= 11 is 1.35. The van der Waals surface area contributed by atoms with E-state index in [0.717, 1.165) is 37.1 Å². The van der Waals surface area contributed by atoms with E-state index in [1.807, 2.05) is 24.3 Å². The topological polar surface area (TPSA) is 66.9 Å². The third kappa shape index (κ3) is 10.6. The molecule has 1 saturated heterocycles. The highest BCUT2D eigenvalue weighted by molar-refractivity contribution is 8.01. The van der Waals surface area contributed by atoms with E-state index in [1.165, 1.54) is 63.1 Å². The van der Waals surface area contributed by atoms with Gasteiger partial charge in [-0.25, -0.2) is 0 Å². The Balaban J connectivity index is 1.69. The summed E-state index contributed by atoms with van der Waals surface area (Å²) in [7, 11) is 0. The van der Waals surface area contributed by atoms with E-state index in [-0.39, 0.29) is 18.2 Å². The molecule has 1 aromatic rings. The molecule has 1 atom stereocenters. The molecule has 1 aromatic carbocycles. The lowest BCUT2D eigenvalue weighted by atomic mass is 10.1. The van der Waals surface area contributed by atoms with Crippen LogP contribution in [0.2, 0.25) is 0 Å². The molecule has 0 bridgehead atoms. The minimum absolute atomic E-state index is 0.0129. The van der Waals surface area contributed by atoms with E-state index >= 15 is 0 Å². The zero-order valence-corrected chi connectivity index (χ0v) is 22.5. The molecule has 2 amide bonds. The maximum atomic E-state index is 12.7. The molecule has 1 heterocycles. The Morgan fingerprint density at radius 1 is 0.943 bits per heavy atom. The number of nitrogens with zero attached hydrogens (tertiary/aromatic N) is 2. The molecule has 0 N–H and O–H groups in total. The number of carbonyl (C=O) groups is 3. The quantitative estimate of drug-likeness (QED) is 0.126. The van der Waals surface area contributed by atoms with Crippen LogP contribution in [0.3, 0.4) is 0 Å². The molecule has 0 saturated carbocycles. The number of carbonyl (C=O) groups excluding carboxylic acids is 3. The van der Waals surface area contributed by atoms with Crippen LogP contribution in [0, 0.1) is 0 Å². The molecular weight excluding hydrogens is 460 g/mol. The Bertz CT molecular complexity index is 756. The van der Waals surface area contributed by atoms with Crippen LogP contribution in [0.15, 0.2) is 24.3 Å². The van der Waals surface area contributed by atoms with Gasteiger partial charge in [0.2, 0.25) is 12.3 Å². The Labute approximate surface area is 216 Å². The van der Waals surface area contributed by atoms with Crippen molar-refractivity contribution in [2.45, 2.75) is 89.7 Å². The number of thioether (sulfide) groups is 1.